The lowest BCUT2D eigenvalue weighted by Crippen LogP contribution is -2.00. The van der Waals surface area contributed by atoms with E-state index in [1.54, 1.807) is 43.3 Å². The molecule has 0 aromatic heterocycles. The van der Waals surface area contributed by atoms with Gasteiger partial charge in [0.05, 0.1) is 6.61 Å². The number of aromatic carboxylic acids is 1. The van der Waals surface area contributed by atoms with E-state index in [0.29, 0.717) is 16.9 Å². The quantitative estimate of drug-likeness (QED) is 0.693. The van der Waals surface area contributed by atoms with Gasteiger partial charge in [0, 0.05) is 0 Å². The van der Waals surface area contributed by atoms with E-state index in [4.69, 9.17) is 4.74 Å². The zero-order chi connectivity index (χ0) is 18.7. The maximum absolute atomic E-state index is 13.6. The molecule has 3 rings (SSSR count). The Kier molecular flexibility index (Phi) is 5.00. The number of carbonyl (C=O) groups is 1. The number of halogens is 1. The number of carboxylic acids is 1. The van der Waals surface area contributed by atoms with Crippen molar-refractivity contribution >= 4 is 5.97 Å². The lowest BCUT2D eigenvalue weighted by atomic mass is 9.95. The van der Waals surface area contributed by atoms with E-state index in [-0.39, 0.29) is 17.9 Å². The molecule has 0 heterocycles. The highest BCUT2D eigenvalue weighted by Crippen LogP contribution is 2.33. The highest BCUT2D eigenvalue weighted by molar-refractivity contribution is 5.91. The van der Waals surface area contributed by atoms with Crippen molar-refractivity contribution in [2.24, 2.45) is 0 Å². The summed E-state index contributed by atoms with van der Waals surface area (Å²) in [6, 6.07) is 16.1. The Bertz CT molecular complexity index is 966. The van der Waals surface area contributed by atoms with Gasteiger partial charge in [0.15, 0.2) is 0 Å². The van der Waals surface area contributed by atoms with Gasteiger partial charge in [-0.15, -0.1) is 0 Å². The van der Waals surface area contributed by atoms with Crippen molar-refractivity contribution in [3.05, 3.63) is 83.2 Å². The van der Waals surface area contributed by atoms with Crippen molar-refractivity contribution in [2.45, 2.75) is 13.5 Å². The molecule has 132 valence electrons. The number of aliphatic hydroxyl groups is 1. The van der Waals surface area contributed by atoms with E-state index in [0.717, 1.165) is 11.1 Å². The van der Waals surface area contributed by atoms with Crippen LogP contribution >= 0.6 is 0 Å². The maximum atomic E-state index is 13.6. The second-order valence-corrected chi connectivity index (χ2v) is 5.85. The summed E-state index contributed by atoms with van der Waals surface area (Å²) in [6.07, 6.45) is 0. The fourth-order valence-corrected chi connectivity index (χ4v) is 2.92. The first-order valence-corrected chi connectivity index (χ1v) is 8.00. The Hall–Kier alpha value is -3.18. The summed E-state index contributed by atoms with van der Waals surface area (Å²) < 4.78 is 19.4. The number of hydrogen-bond donors (Lipinski definition) is 2. The third-order valence-corrected chi connectivity index (χ3v) is 4.02. The van der Waals surface area contributed by atoms with Crippen LogP contribution in [-0.2, 0) is 6.61 Å². The maximum Gasteiger partial charge on any atom is 0.339 e. The van der Waals surface area contributed by atoms with Gasteiger partial charge in [-0.3, -0.25) is 0 Å². The molecule has 3 aromatic carbocycles. The SMILES string of the molecule is Cc1cc(F)cc(CO)c1-c1cccc(Oc2ccccc2C(=O)O)c1. The molecule has 0 amide bonds. The van der Waals surface area contributed by atoms with Crippen LogP contribution in [0.4, 0.5) is 4.39 Å². The van der Waals surface area contributed by atoms with Crippen molar-refractivity contribution in [1.82, 2.24) is 0 Å². The van der Waals surface area contributed by atoms with Gasteiger partial charge in [-0.25, -0.2) is 9.18 Å². The lowest BCUT2D eigenvalue weighted by Gasteiger charge is -2.14. The third kappa shape index (κ3) is 3.58. The molecule has 3 aromatic rings. The summed E-state index contributed by atoms with van der Waals surface area (Å²) in [4.78, 5) is 11.3. The molecule has 0 aliphatic carbocycles. The molecule has 0 aliphatic rings. The van der Waals surface area contributed by atoms with Crippen molar-refractivity contribution in [1.29, 1.82) is 0 Å². The van der Waals surface area contributed by atoms with Crippen molar-refractivity contribution in [3.8, 4) is 22.6 Å². The molecular weight excluding hydrogens is 335 g/mol. The second kappa shape index (κ2) is 7.37. The van der Waals surface area contributed by atoms with Crippen molar-refractivity contribution < 1.29 is 24.1 Å². The topological polar surface area (TPSA) is 66.8 Å². The molecule has 0 saturated carbocycles. The Morgan fingerprint density at radius 3 is 2.58 bits per heavy atom. The normalized spacial score (nSPS) is 10.6. The molecule has 0 bridgehead atoms. The third-order valence-electron chi connectivity index (χ3n) is 4.02. The van der Waals surface area contributed by atoms with Crippen LogP contribution < -0.4 is 4.74 Å². The standard InChI is InChI=1S/C21H17FO4/c1-13-9-16(22)10-15(12-23)20(13)14-5-4-6-17(11-14)26-19-8-3-2-7-18(19)21(24)25/h2-11,23H,12H2,1H3,(H,24,25). The number of rotatable bonds is 5. The predicted octanol–water partition coefficient (Wildman–Crippen LogP) is 4.78. The molecule has 0 unspecified atom stereocenters. The van der Waals surface area contributed by atoms with E-state index in [2.05, 4.69) is 0 Å². The number of para-hydroxylation sites is 1. The monoisotopic (exact) mass is 352 g/mol. The summed E-state index contributed by atoms with van der Waals surface area (Å²) in [5, 5.41) is 18.8. The first-order chi connectivity index (χ1) is 12.5. The van der Waals surface area contributed by atoms with E-state index in [1.807, 2.05) is 6.07 Å². The summed E-state index contributed by atoms with van der Waals surface area (Å²) in [6.45, 7) is 1.48. The van der Waals surface area contributed by atoms with Crippen LogP contribution in [0.2, 0.25) is 0 Å². The molecule has 0 aliphatic heterocycles. The number of carboxylic acid groups (broad SMARTS) is 1. The summed E-state index contributed by atoms with van der Waals surface area (Å²) in [5.74, 6) is -0.800. The van der Waals surface area contributed by atoms with Gasteiger partial charge in [0.25, 0.3) is 0 Å². The summed E-state index contributed by atoms with van der Waals surface area (Å²) in [7, 11) is 0. The second-order valence-electron chi connectivity index (χ2n) is 5.85. The zero-order valence-electron chi connectivity index (χ0n) is 14.1. The minimum atomic E-state index is -1.08. The van der Waals surface area contributed by atoms with Crippen LogP contribution in [0.1, 0.15) is 21.5 Å². The van der Waals surface area contributed by atoms with E-state index in [1.165, 1.54) is 18.2 Å². The van der Waals surface area contributed by atoms with Crippen LogP contribution in [0, 0.1) is 12.7 Å². The van der Waals surface area contributed by atoms with E-state index < -0.39 is 11.8 Å². The average Bonchev–Trinajstić information content (AvgIpc) is 2.61. The molecule has 0 atom stereocenters. The minimum Gasteiger partial charge on any atom is -0.478 e. The van der Waals surface area contributed by atoms with Crippen LogP contribution in [0.5, 0.6) is 11.5 Å². The molecule has 2 N–H and O–H groups in total. The Morgan fingerprint density at radius 2 is 1.85 bits per heavy atom. The van der Waals surface area contributed by atoms with Gasteiger partial charge in [-0.05, 0) is 65.6 Å². The Labute approximate surface area is 150 Å². The fraction of sp³-hybridized carbons (Fsp3) is 0.0952. The van der Waals surface area contributed by atoms with E-state index >= 15 is 0 Å². The number of aryl methyl sites for hydroxylation is 1. The van der Waals surface area contributed by atoms with Gasteiger partial charge in [-0.1, -0.05) is 24.3 Å². The molecule has 0 saturated heterocycles. The minimum absolute atomic E-state index is 0.0620. The fourth-order valence-electron chi connectivity index (χ4n) is 2.92. The van der Waals surface area contributed by atoms with Crippen LogP contribution in [0.25, 0.3) is 11.1 Å². The molecule has 4 nitrogen and oxygen atoms in total. The molecule has 5 heteroatoms. The number of ether oxygens (including phenoxy) is 1. The van der Waals surface area contributed by atoms with Gasteiger partial charge < -0.3 is 14.9 Å². The van der Waals surface area contributed by atoms with Crippen LogP contribution in [0.15, 0.2) is 60.7 Å². The van der Waals surface area contributed by atoms with Crippen LogP contribution in [-0.4, -0.2) is 16.2 Å². The smallest absolute Gasteiger partial charge is 0.339 e. The van der Waals surface area contributed by atoms with E-state index in [9.17, 15) is 19.4 Å². The van der Waals surface area contributed by atoms with Crippen LogP contribution in [0.3, 0.4) is 0 Å². The number of benzene rings is 3. The molecule has 0 spiro atoms. The summed E-state index contributed by atoms with van der Waals surface area (Å²) in [5.41, 5.74) is 2.71. The van der Waals surface area contributed by atoms with Crippen molar-refractivity contribution in [2.75, 3.05) is 0 Å². The molecular formula is C21H17FO4. The first-order valence-electron chi connectivity index (χ1n) is 8.00. The lowest BCUT2D eigenvalue weighted by molar-refractivity contribution is 0.0694. The molecule has 0 radical (unpaired) electrons. The largest absolute Gasteiger partial charge is 0.478 e. The van der Waals surface area contributed by atoms with Gasteiger partial charge in [0.1, 0.15) is 22.9 Å². The van der Waals surface area contributed by atoms with Gasteiger partial charge in [0.2, 0.25) is 0 Å². The Morgan fingerprint density at radius 1 is 1.08 bits per heavy atom. The van der Waals surface area contributed by atoms with Gasteiger partial charge >= 0.3 is 5.97 Å². The zero-order valence-corrected chi connectivity index (χ0v) is 14.1. The van der Waals surface area contributed by atoms with Gasteiger partial charge in [-0.2, -0.15) is 0 Å². The molecule has 0 fully saturated rings. The van der Waals surface area contributed by atoms with Crippen molar-refractivity contribution in [3.63, 3.8) is 0 Å². The Balaban J connectivity index is 2.02. The number of hydrogen-bond acceptors (Lipinski definition) is 3. The summed E-state index contributed by atoms with van der Waals surface area (Å²) >= 11 is 0. The first kappa shape index (κ1) is 17.6. The average molecular weight is 352 g/mol. The highest BCUT2D eigenvalue weighted by atomic mass is 19.1. The predicted molar refractivity (Wildman–Crippen MR) is 96.0 cm³/mol. The molecule has 26 heavy (non-hydrogen) atoms. The highest BCUT2D eigenvalue weighted by Gasteiger charge is 2.13. The number of aliphatic hydroxyl groups excluding tert-OH is 1.